The van der Waals surface area contributed by atoms with Crippen LogP contribution in [0.3, 0.4) is 0 Å². The molecule has 0 atom stereocenters. The van der Waals surface area contributed by atoms with Gasteiger partial charge in [-0.05, 0) is 0 Å². The molecule has 0 amide bonds. The van der Waals surface area contributed by atoms with Crippen LogP contribution in [0.5, 0.6) is 0 Å². The van der Waals surface area contributed by atoms with Crippen molar-refractivity contribution in [3.63, 3.8) is 0 Å². The van der Waals surface area contributed by atoms with Gasteiger partial charge in [-0.25, -0.2) is 0 Å². The fourth-order valence-electron chi connectivity index (χ4n) is 18.8. The quantitative estimate of drug-likeness (QED) is 0.0898. The molecule has 4 heterocycles. The van der Waals surface area contributed by atoms with E-state index in [1.54, 1.807) is 0 Å². The van der Waals surface area contributed by atoms with Gasteiger partial charge in [0.1, 0.15) is 0 Å². The fourth-order valence-corrected chi connectivity index (χ4v) is 44.8. The Kier molecular flexibility index (Phi) is 17.2. The van der Waals surface area contributed by atoms with Crippen molar-refractivity contribution in [3.8, 4) is 77.9 Å². The third-order valence-corrected chi connectivity index (χ3v) is 48.9. The molecule has 0 unspecified atom stereocenters. The van der Waals surface area contributed by atoms with Gasteiger partial charge in [-0.15, -0.1) is 0 Å². The molecule has 0 aliphatic heterocycles. The topological polar surface area (TPSA) is 0 Å². The summed E-state index contributed by atoms with van der Waals surface area (Å²) in [6.45, 7) is 0. The van der Waals surface area contributed by atoms with Gasteiger partial charge in [-0.3, -0.25) is 0 Å². The van der Waals surface area contributed by atoms with Crippen LogP contribution in [-0.4, -0.2) is 26.5 Å². The zero-order chi connectivity index (χ0) is 75.3. The normalized spacial score (nSPS) is 12.0. The van der Waals surface area contributed by atoms with Crippen LogP contribution in [0.2, 0.25) is 0 Å². The van der Waals surface area contributed by atoms with Crippen LogP contribution in [0, 0.1) is 0 Å². The summed E-state index contributed by atoms with van der Waals surface area (Å²) in [5.41, 5.74) is 17.3. The second-order valence-corrected chi connectivity index (χ2v) is 49.9. The van der Waals surface area contributed by atoms with Gasteiger partial charge in [-0.1, -0.05) is 0 Å². The van der Waals surface area contributed by atoms with Crippen LogP contribution < -0.4 is 35.2 Å². The Morgan fingerprint density at radius 2 is 0.430 bits per heavy atom. The van der Waals surface area contributed by atoms with Gasteiger partial charge in [0.05, 0.1) is 0 Å². The maximum absolute atomic E-state index is 4.15. The van der Waals surface area contributed by atoms with Crippen molar-refractivity contribution in [1.29, 1.82) is 0 Å². The van der Waals surface area contributed by atoms with Crippen LogP contribution in [0.1, 0.15) is 0 Å². The van der Waals surface area contributed by atoms with Crippen LogP contribution >= 0.6 is 45.3 Å². The van der Waals surface area contributed by atoms with Crippen molar-refractivity contribution in [1.82, 2.24) is 0 Å². The number of hydrogen-bond donors (Lipinski definition) is 0. The van der Waals surface area contributed by atoms with Gasteiger partial charge in [0, 0.05) is 0 Å². The van der Waals surface area contributed by atoms with Crippen molar-refractivity contribution < 1.29 is 0 Å². The molecular formula is C108H70Ge2S4. The average Bonchev–Trinajstić information content (AvgIpc) is 1.04. The number of thiophene rings is 4. The van der Waals surface area contributed by atoms with Gasteiger partial charge in [-0.2, -0.15) is 0 Å². The fraction of sp³-hybridized carbons (Fsp3) is 0. The summed E-state index contributed by atoms with van der Waals surface area (Å²) in [6, 6.07) is 163. The zero-order valence-corrected chi connectivity index (χ0v) is 69.5. The molecule has 0 aliphatic carbocycles. The van der Waals surface area contributed by atoms with E-state index in [9.17, 15) is 0 Å². The van der Waals surface area contributed by atoms with Crippen LogP contribution in [0.4, 0.5) is 0 Å². The molecular weight excluding hydrogens is 1570 g/mol. The second-order valence-electron chi connectivity index (χ2n) is 29.9. The molecule has 534 valence electrons. The monoisotopic (exact) mass is 1640 g/mol. The molecule has 0 N–H and O–H groups in total. The van der Waals surface area contributed by atoms with Crippen molar-refractivity contribution in [2.24, 2.45) is 0 Å². The Bertz CT molecular complexity index is 7420. The molecule has 22 aromatic rings. The molecule has 6 heteroatoms. The molecule has 0 aliphatic rings. The first-order valence-corrected chi connectivity index (χ1v) is 50.7. The van der Waals surface area contributed by atoms with E-state index in [-0.39, 0.29) is 0 Å². The molecule has 0 saturated heterocycles. The van der Waals surface area contributed by atoms with E-state index in [1.807, 2.05) is 45.3 Å². The minimum absolute atomic E-state index is 1.18. The zero-order valence-electron chi connectivity index (χ0n) is 62.0. The number of hydrogen-bond acceptors (Lipinski definition) is 4. The van der Waals surface area contributed by atoms with Gasteiger partial charge in [0.25, 0.3) is 0 Å². The Labute approximate surface area is 683 Å². The van der Waals surface area contributed by atoms with Gasteiger partial charge >= 0.3 is 690 Å². The first-order valence-electron chi connectivity index (χ1n) is 39.1. The molecule has 4 aromatic heterocycles. The Hall–Kier alpha value is -12.1. The van der Waals surface area contributed by atoms with Crippen LogP contribution in [0.25, 0.3) is 159 Å². The van der Waals surface area contributed by atoms with Gasteiger partial charge < -0.3 is 0 Å². The molecule has 0 spiro atoms. The molecule has 18 aromatic carbocycles. The summed E-state index contributed by atoms with van der Waals surface area (Å²) in [5.74, 6) is 0. The van der Waals surface area contributed by atoms with E-state index in [0.29, 0.717) is 0 Å². The molecule has 0 fully saturated rings. The van der Waals surface area contributed by atoms with E-state index < -0.39 is 26.5 Å². The summed E-state index contributed by atoms with van der Waals surface area (Å²) in [7, 11) is 0. The number of fused-ring (bicyclic) bond motifs is 12. The predicted molar refractivity (Wildman–Crippen MR) is 503 cm³/mol. The maximum atomic E-state index is 2.59. The summed E-state index contributed by atoms with van der Waals surface area (Å²) in [5, 5.41) is 10.4. The first kappa shape index (κ1) is 68.7. The summed E-state index contributed by atoms with van der Waals surface area (Å²) < 4.78 is 21.6. The number of benzene rings is 18. The second kappa shape index (κ2) is 28.5. The first-order chi connectivity index (χ1) is 56.5. The third kappa shape index (κ3) is 11.2. The standard InChI is InChI=1S/C108H70Ge2S4/c1-5-35-78(36-6-1)109(79-37-7-2-8-38-79,82-43-24-32-72(69-82)71-31-23-34-74(65-71)85-51-26-55-94-89-47-15-20-61-100(89)111-105(85)94)83-44-25-33-73(70-83)75-66-76(68-77(67-75)86-52-27-56-95-90-48-16-21-62-101(90)112-106(86)95)84-50-30-64-103-104(84)97-58-29-54-93(108(97)114-103)88-46-14-19-60-99(88)110(80-39-9-3-10-40-80,81-41-11-4-12-42-81)98-59-18-13-45-87(98)92-53-28-57-96-91-49-17-22-63-102(91)113-107(92)96/h1-70H. The van der Waals surface area contributed by atoms with Gasteiger partial charge in [0.15, 0.2) is 0 Å². The molecule has 0 saturated carbocycles. The van der Waals surface area contributed by atoms with E-state index in [2.05, 4.69) is 425 Å². The van der Waals surface area contributed by atoms with E-state index in [0.717, 1.165) is 0 Å². The minimum atomic E-state index is -4.15. The summed E-state index contributed by atoms with van der Waals surface area (Å²) >= 11 is -0.514. The molecule has 114 heavy (non-hydrogen) atoms. The summed E-state index contributed by atoms with van der Waals surface area (Å²) in [6.07, 6.45) is 0. The van der Waals surface area contributed by atoms with E-state index >= 15 is 0 Å². The summed E-state index contributed by atoms with van der Waals surface area (Å²) in [4.78, 5) is 0. The number of rotatable bonds is 15. The Balaban J connectivity index is 0.734. The van der Waals surface area contributed by atoms with Crippen molar-refractivity contribution in [2.45, 2.75) is 0 Å². The van der Waals surface area contributed by atoms with Gasteiger partial charge in [0.2, 0.25) is 0 Å². The molecule has 0 radical (unpaired) electrons. The molecule has 0 bridgehead atoms. The predicted octanol–water partition coefficient (Wildman–Crippen LogP) is 25.6. The Morgan fingerprint density at radius 3 is 0.930 bits per heavy atom. The SMILES string of the molecule is c1cc[c]([Ge]([c]2ccccc2)([c]2cccc(-c3cccc(-c4cccc5c4sc4ccccc45)c3)c2)[c]2cccc(-c3cc(-c4cccc5c4sc4ccccc45)cc(-c4cccc5sc6c(-c7cccc[c]7[Ge]([c]7ccccc7)([c]7ccccc7)[c]7ccccc7-c7cccc8c7sc7ccccc78)cccc6c45)c3)c2)cc1. The Morgan fingerprint density at radius 1 is 0.149 bits per heavy atom. The van der Waals surface area contributed by atoms with Crippen LogP contribution in [-0.2, 0) is 0 Å². The van der Waals surface area contributed by atoms with Crippen molar-refractivity contribution >= 4 is 188 Å². The molecule has 0 nitrogen and oxygen atoms in total. The van der Waals surface area contributed by atoms with E-state index in [1.165, 1.54) is 194 Å². The third-order valence-electron chi connectivity index (χ3n) is 23.8. The van der Waals surface area contributed by atoms with Crippen molar-refractivity contribution in [2.75, 3.05) is 0 Å². The molecule has 22 rings (SSSR count). The van der Waals surface area contributed by atoms with Crippen LogP contribution in [0.15, 0.2) is 425 Å². The van der Waals surface area contributed by atoms with E-state index in [4.69, 9.17) is 0 Å². The van der Waals surface area contributed by atoms with Crippen molar-refractivity contribution in [3.05, 3.63) is 425 Å². The average molecular weight is 1640 g/mol.